The Balaban J connectivity index is 2.55. The third-order valence-electron chi connectivity index (χ3n) is 3.54. The van der Waals surface area contributed by atoms with Crippen molar-refractivity contribution in [3.63, 3.8) is 0 Å². The summed E-state index contributed by atoms with van der Waals surface area (Å²) in [6, 6.07) is 8.27. The molecule has 0 aromatic heterocycles. The predicted molar refractivity (Wildman–Crippen MR) is 87.6 cm³/mol. The second-order valence-corrected chi connectivity index (χ2v) is 5.97. The van der Waals surface area contributed by atoms with Crippen LogP contribution in [0.2, 0.25) is 0 Å². The van der Waals surface area contributed by atoms with Gasteiger partial charge in [-0.05, 0) is 43.9 Å². The number of rotatable bonds is 8. The average Bonchev–Trinajstić information content (AvgIpc) is 2.43. The van der Waals surface area contributed by atoms with E-state index in [-0.39, 0.29) is 18.6 Å². The second-order valence-electron chi connectivity index (χ2n) is 5.97. The van der Waals surface area contributed by atoms with Gasteiger partial charge in [-0.25, -0.2) is 0 Å². The molecule has 1 amide bonds. The zero-order chi connectivity index (χ0) is 15.8. The van der Waals surface area contributed by atoms with Gasteiger partial charge in [0.2, 0.25) is 5.91 Å². The van der Waals surface area contributed by atoms with E-state index >= 15 is 0 Å². The van der Waals surface area contributed by atoms with Crippen molar-refractivity contribution in [1.82, 2.24) is 4.90 Å². The Bertz CT molecular complexity index is 427. The molecule has 118 valence electrons. The number of nitrogens with one attached hydrogen (secondary N) is 1. The lowest BCUT2D eigenvalue weighted by Gasteiger charge is -2.25. The van der Waals surface area contributed by atoms with Crippen molar-refractivity contribution in [1.29, 1.82) is 0 Å². The monoisotopic (exact) mass is 292 g/mol. The van der Waals surface area contributed by atoms with Crippen LogP contribution in [0.3, 0.4) is 0 Å². The highest BCUT2D eigenvalue weighted by Crippen LogP contribution is 2.17. The summed E-state index contributed by atoms with van der Waals surface area (Å²) in [6.07, 6.45) is 0.689. The molecular formula is C17H28N2O2. The maximum absolute atomic E-state index is 12.1. The summed E-state index contributed by atoms with van der Waals surface area (Å²) in [6.45, 7) is 9.65. The molecule has 0 atom stereocenters. The first-order chi connectivity index (χ1) is 9.93. The summed E-state index contributed by atoms with van der Waals surface area (Å²) < 4.78 is 0. The van der Waals surface area contributed by atoms with E-state index in [2.05, 4.69) is 37.9 Å². The summed E-state index contributed by atoms with van der Waals surface area (Å²) in [4.78, 5) is 14.2. The highest BCUT2D eigenvalue weighted by molar-refractivity contribution is 5.92. The van der Waals surface area contributed by atoms with Gasteiger partial charge >= 0.3 is 0 Å². The zero-order valence-electron chi connectivity index (χ0n) is 13.6. The number of aliphatic hydroxyl groups excluding tert-OH is 1. The number of carbonyl (C=O) groups excluding carboxylic acids is 1. The molecule has 0 spiro atoms. The molecule has 1 rings (SSSR count). The van der Waals surface area contributed by atoms with Gasteiger partial charge in [0.25, 0.3) is 0 Å². The lowest BCUT2D eigenvalue weighted by Crippen LogP contribution is -2.38. The smallest absolute Gasteiger partial charge is 0.238 e. The molecule has 4 nitrogen and oxygen atoms in total. The number of nitrogens with zero attached hydrogens (tertiary/aromatic N) is 1. The SMILES string of the molecule is CC(C)c1ccc(NC(=O)CN(CCCO)C(C)C)cc1. The molecule has 0 heterocycles. The van der Waals surface area contributed by atoms with E-state index in [0.717, 1.165) is 12.2 Å². The van der Waals surface area contributed by atoms with Crippen molar-refractivity contribution < 1.29 is 9.90 Å². The quantitative estimate of drug-likeness (QED) is 0.774. The minimum absolute atomic E-state index is 0.0149. The third kappa shape index (κ3) is 6.27. The molecule has 2 N–H and O–H groups in total. The van der Waals surface area contributed by atoms with E-state index in [1.165, 1.54) is 5.56 Å². The zero-order valence-corrected chi connectivity index (χ0v) is 13.6. The topological polar surface area (TPSA) is 52.6 Å². The van der Waals surface area contributed by atoms with Gasteiger partial charge in [0.15, 0.2) is 0 Å². The number of aliphatic hydroxyl groups is 1. The van der Waals surface area contributed by atoms with Gasteiger partial charge < -0.3 is 10.4 Å². The van der Waals surface area contributed by atoms with Gasteiger partial charge in [-0.15, -0.1) is 0 Å². The number of hydrogen-bond acceptors (Lipinski definition) is 3. The minimum atomic E-state index is -0.0149. The normalized spacial score (nSPS) is 11.4. The molecule has 0 radical (unpaired) electrons. The highest BCUT2D eigenvalue weighted by Gasteiger charge is 2.13. The maximum atomic E-state index is 12.1. The van der Waals surface area contributed by atoms with Gasteiger partial charge in [-0.2, -0.15) is 0 Å². The van der Waals surface area contributed by atoms with Crippen LogP contribution in [-0.4, -0.2) is 41.7 Å². The van der Waals surface area contributed by atoms with Crippen LogP contribution in [0.5, 0.6) is 0 Å². The van der Waals surface area contributed by atoms with Crippen LogP contribution >= 0.6 is 0 Å². The standard InChI is InChI=1S/C17H28N2O2/c1-13(2)15-6-8-16(9-7-15)18-17(21)12-19(14(3)4)10-5-11-20/h6-9,13-14,20H,5,10-12H2,1-4H3,(H,18,21). The first-order valence-corrected chi connectivity index (χ1v) is 7.68. The highest BCUT2D eigenvalue weighted by atomic mass is 16.3. The van der Waals surface area contributed by atoms with Gasteiger partial charge in [-0.1, -0.05) is 26.0 Å². The van der Waals surface area contributed by atoms with E-state index in [1.807, 2.05) is 24.3 Å². The van der Waals surface area contributed by atoms with Crippen LogP contribution in [0, 0.1) is 0 Å². The van der Waals surface area contributed by atoms with Crippen LogP contribution in [0.15, 0.2) is 24.3 Å². The van der Waals surface area contributed by atoms with Crippen LogP contribution in [-0.2, 0) is 4.79 Å². The minimum Gasteiger partial charge on any atom is -0.396 e. The molecular weight excluding hydrogens is 264 g/mol. The predicted octanol–water partition coefficient (Wildman–Crippen LogP) is 2.84. The van der Waals surface area contributed by atoms with E-state index in [9.17, 15) is 4.79 Å². The van der Waals surface area contributed by atoms with Gasteiger partial charge in [0.05, 0.1) is 6.54 Å². The van der Waals surface area contributed by atoms with Crippen molar-refractivity contribution in [2.45, 2.75) is 46.1 Å². The Morgan fingerprint density at radius 2 is 1.81 bits per heavy atom. The van der Waals surface area contributed by atoms with Gasteiger partial charge in [0, 0.05) is 24.9 Å². The van der Waals surface area contributed by atoms with E-state index in [0.29, 0.717) is 18.9 Å². The second kappa shape index (κ2) is 8.80. The van der Waals surface area contributed by atoms with Crippen LogP contribution in [0.1, 0.15) is 45.6 Å². The Labute approximate surface area is 128 Å². The van der Waals surface area contributed by atoms with Crippen molar-refractivity contribution in [3.05, 3.63) is 29.8 Å². The number of benzene rings is 1. The molecule has 0 bridgehead atoms. The summed E-state index contributed by atoms with van der Waals surface area (Å²) in [5, 5.41) is 11.8. The molecule has 1 aromatic carbocycles. The molecule has 1 aromatic rings. The molecule has 0 aliphatic carbocycles. The Hall–Kier alpha value is -1.39. The average molecular weight is 292 g/mol. The fraction of sp³-hybridized carbons (Fsp3) is 0.588. The molecule has 0 aliphatic rings. The molecule has 0 saturated heterocycles. The van der Waals surface area contributed by atoms with Gasteiger partial charge in [0.1, 0.15) is 0 Å². The van der Waals surface area contributed by atoms with Crippen LogP contribution in [0.4, 0.5) is 5.69 Å². The summed E-state index contributed by atoms with van der Waals surface area (Å²) >= 11 is 0. The maximum Gasteiger partial charge on any atom is 0.238 e. The summed E-state index contributed by atoms with van der Waals surface area (Å²) in [5.74, 6) is 0.476. The van der Waals surface area contributed by atoms with Crippen LogP contribution < -0.4 is 5.32 Å². The van der Waals surface area contributed by atoms with Crippen LogP contribution in [0.25, 0.3) is 0 Å². The fourth-order valence-corrected chi connectivity index (χ4v) is 2.13. The molecule has 0 fully saturated rings. The number of hydrogen-bond donors (Lipinski definition) is 2. The number of carbonyl (C=O) groups is 1. The lowest BCUT2D eigenvalue weighted by molar-refractivity contribution is -0.117. The Morgan fingerprint density at radius 3 is 2.29 bits per heavy atom. The fourth-order valence-electron chi connectivity index (χ4n) is 2.13. The first-order valence-electron chi connectivity index (χ1n) is 7.68. The number of amides is 1. The molecule has 21 heavy (non-hydrogen) atoms. The van der Waals surface area contributed by atoms with Crippen molar-refractivity contribution in [2.24, 2.45) is 0 Å². The third-order valence-corrected chi connectivity index (χ3v) is 3.54. The molecule has 4 heteroatoms. The van der Waals surface area contributed by atoms with E-state index in [1.54, 1.807) is 0 Å². The largest absolute Gasteiger partial charge is 0.396 e. The number of anilines is 1. The van der Waals surface area contributed by atoms with E-state index in [4.69, 9.17) is 5.11 Å². The molecule has 0 aliphatic heterocycles. The molecule has 0 unspecified atom stereocenters. The van der Waals surface area contributed by atoms with Crippen molar-refractivity contribution >= 4 is 11.6 Å². The lowest BCUT2D eigenvalue weighted by atomic mass is 10.0. The summed E-state index contributed by atoms with van der Waals surface area (Å²) in [5.41, 5.74) is 2.09. The first kappa shape index (κ1) is 17.7. The molecule has 0 saturated carbocycles. The van der Waals surface area contributed by atoms with Crippen molar-refractivity contribution in [2.75, 3.05) is 25.0 Å². The van der Waals surface area contributed by atoms with Crippen molar-refractivity contribution in [3.8, 4) is 0 Å². The Morgan fingerprint density at radius 1 is 1.19 bits per heavy atom. The van der Waals surface area contributed by atoms with E-state index < -0.39 is 0 Å². The van der Waals surface area contributed by atoms with Gasteiger partial charge in [-0.3, -0.25) is 9.69 Å². The summed E-state index contributed by atoms with van der Waals surface area (Å²) in [7, 11) is 0. The Kier molecular flexibility index (Phi) is 7.40.